The molecule has 2 N–H and O–H groups in total. The monoisotopic (exact) mass is 492 g/mol. The van der Waals surface area contributed by atoms with Crippen LogP contribution in [0.15, 0.2) is 48.5 Å². The lowest BCUT2D eigenvalue weighted by atomic mass is 9.43. The molecule has 0 radical (unpaired) electrons. The normalized spacial score (nSPS) is 27.9. The van der Waals surface area contributed by atoms with Crippen LogP contribution in [0.25, 0.3) is 0 Å². The van der Waals surface area contributed by atoms with Gasteiger partial charge in [-0.2, -0.15) is 0 Å². The molecule has 0 aliphatic heterocycles. The van der Waals surface area contributed by atoms with Crippen LogP contribution in [-0.4, -0.2) is 21.7 Å². The van der Waals surface area contributed by atoms with Crippen molar-refractivity contribution in [3.05, 3.63) is 68.8 Å². The lowest BCUT2D eigenvalue weighted by molar-refractivity contribution is -0.385. The van der Waals surface area contributed by atoms with Crippen molar-refractivity contribution < 1.29 is 19.4 Å². The number of amides is 2. The van der Waals surface area contributed by atoms with Crippen molar-refractivity contribution in [2.75, 3.05) is 10.6 Å². The van der Waals surface area contributed by atoms with Crippen LogP contribution in [-0.2, 0) is 9.59 Å². The lowest BCUT2D eigenvalue weighted by Gasteiger charge is -2.62. The molecule has 4 saturated carbocycles. The van der Waals surface area contributed by atoms with E-state index in [1.54, 1.807) is 24.3 Å². The molecule has 4 aliphatic rings. The van der Waals surface area contributed by atoms with Crippen LogP contribution in [0.5, 0.6) is 0 Å². The Labute approximate surface area is 207 Å². The van der Waals surface area contributed by atoms with Gasteiger partial charge in [-0.05, 0) is 73.3 Å². The summed E-state index contributed by atoms with van der Waals surface area (Å²) in [6.45, 7) is 0. The molecule has 0 heterocycles. The van der Waals surface area contributed by atoms with Gasteiger partial charge in [-0.25, -0.2) is 0 Å². The highest BCUT2D eigenvalue weighted by molar-refractivity contribution is 5.92. The second kappa shape index (κ2) is 9.00. The SMILES string of the molecule is O=C(CC12CC3CC(C1)CC(CC(=O)Nc1cccc([N+](=O)[O-])c1)(C3)C2)Nc1cccc([N+](=O)[O-])c1. The van der Waals surface area contributed by atoms with Gasteiger partial charge in [-0.3, -0.25) is 29.8 Å². The first-order valence-electron chi connectivity index (χ1n) is 12.2. The maximum absolute atomic E-state index is 13.0. The summed E-state index contributed by atoms with van der Waals surface area (Å²) in [7, 11) is 0. The number of carbonyl (C=O) groups is 2. The molecule has 0 aromatic heterocycles. The van der Waals surface area contributed by atoms with E-state index in [-0.39, 0.29) is 34.0 Å². The summed E-state index contributed by atoms with van der Waals surface area (Å²) in [4.78, 5) is 47.2. The summed E-state index contributed by atoms with van der Waals surface area (Å²) in [6.07, 6.45) is 6.41. The summed E-state index contributed by atoms with van der Waals surface area (Å²) >= 11 is 0. The zero-order valence-corrected chi connectivity index (χ0v) is 19.8. The molecule has 4 aliphatic carbocycles. The van der Waals surface area contributed by atoms with Crippen molar-refractivity contribution in [1.29, 1.82) is 0 Å². The van der Waals surface area contributed by atoms with Gasteiger partial charge in [0.15, 0.2) is 0 Å². The highest BCUT2D eigenvalue weighted by Gasteiger charge is 2.58. The van der Waals surface area contributed by atoms with E-state index in [0.29, 0.717) is 36.1 Å². The van der Waals surface area contributed by atoms with Gasteiger partial charge < -0.3 is 10.6 Å². The Morgan fingerprint density at radius 2 is 1.19 bits per heavy atom. The van der Waals surface area contributed by atoms with Gasteiger partial charge in [-0.1, -0.05) is 12.1 Å². The van der Waals surface area contributed by atoms with Crippen LogP contribution in [0, 0.1) is 42.9 Å². The fourth-order valence-electron chi connectivity index (χ4n) is 7.55. The maximum Gasteiger partial charge on any atom is 0.271 e. The van der Waals surface area contributed by atoms with E-state index in [2.05, 4.69) is 10.6 Å². The van der Waals surface area contributed by atoms with Gasteiger partial charge in [0, 0.05) is 48.5 Å². The zero-order chi connectivity index (χ0) is 25.5. The number of non-ortho nitro benzene ring substituents is 2. The largest absolute Gasteiger partial charge is 0.326 e. The van der Waals surface area contributed by atoms with Crippen molar-refractivity contribution in [3.8, 4) is 0 Å². The minimum atomic E-state index is -0.489. The molecule has 188 valence electrons. The van der Waals surface area contributed by atoms with Crippen LogP contribution < -0.4 is 10.6 Å². The number of nitro groups is 2. The van der Waals surface area contributed by atoms with E-state index in [1.165, 1.54) is 24.3 Å². The first-order valence-corrected chi connectivity index (χ1v) is 12.2. The second-order valence-corrected chi connectivity index (χ2v) is 11.0. The quantitative estimate of drug-likeness (QED) is 0.370. The molecule has 2 aromatic rings. The summed E-state index contributed by atoms with van der Waals surface area (Å²) in [5.41, 5.74) is 0.309. The van der Waals surface area contributed by atoms with E-state index < -0.39 is 9.85 Å². The topological polar surface area (TPSA) is 144 Å². The molecule has 6 rings (SSSR count). The number of hydrogen-bond donors (Lipinski definition) is 2. The van der Waals surface area contributed by atoms with Crippen LogP contribution in [0.2, 0.25) is 0 Å². The van der Waals surface area contributed by atoms with Gasteiger partial charge >= 0.3 is 0 Å². The van der Waals surface area contributed by atoms with Crippen LogP contribution in [0.1, 0.15) is 51.4 Å². The van der Waals surface area contributed by atoms with Gasteiger partial charge in [0.25, 0.3) is 11.4 Å². The van der Waals surface area contributed by atoms with Gasteiger partial charge in [0.2, 0.25) is 11.8 Å². The third-order valence-corrected chi connectivity index (χ3v) is 8.06. The highest BCUT2D eigenvalue weighted by atomic mass is 16.6. The molecule has 10 nitrogen and oxygen atoms in total. The Balaban J connectivity index is 1.27. The molecular weight excluding hydrogens is 464 g/mol. The number of anilines is 2. The van der Waals surface area contributed by atoms with Crippen molar-refractivity contribution in [3.63, 3.8) is 0 Å². The van der Waals surface area contributed by atoms with Gasteiger partial charge in [-0.15, -0.1) is 0 Å². The van der Waals surface area contributed by atoms with Crippen molar-refractivity contribution in [2.45, 2.75) is 51.4 Å². The smallest absolute Gasteiger partial charge is 0.271 e. The average Bonchev–Trinajstić information content (AvgIpc) is 2.77. The molecule has 4 bridgehead atoms. The highest BCUT2D eigenvalue weighted by Crippen LogP contribution is 2.67. The Morgan fingerprint density at radius 1 is 0.778 bits per heavy atom. The van der Waals surface area contributed by atoms with E-state index in [0.717, 1.165) is 38.5 Å². The number of benzene rings is 2. The zero-order valence-electron chi connectivity index (χ0n) is 19.8. The molecule has 0 unspecified atom stereocenters. The summed E-state index contributed by atoms with van der Waals surface area (Å²) in [6, 6.07) is 11.9. The van der Waals surface area contributed by atoms with E-state index in [4.69, 9.17) is 0 Å². The molecule has 2 aromatic carbocycles. The molecule has 36 heavy (non-hydrogen) atoms. The van der Waals surface area contributed by atoms with Crippen LogP contribution in [0.4, 0.5) is 22.7 Å². The molecular formula is C26H28N4O6. The molecule has 0 saturated heterocycles. The fourth-order valence-corrected chi connectivity index (χ4v) is 7.55. The van der Waals surface area contributed by atoms with E-state index in [1.807, 2.05) is 0 Å². The Kier molecular flexibility index (Phi) is 5.97. The first kappa shape index (κ1) is 23.9. The summed E-state index contributed by atoms with van der Waals surface area (Å²) in [5, 5.41) is 27.8. The summed E-state index contributed by atoms with van der Waals surface area (Å²) < 4.78 is 0. The predicted octanol–water partition coefficient (Wildman–Crippen LogP) is 5.45. The molecule has 2 amide bonds. The Bertz CT molecular complexity index is 1140. The Morgan fingerprint density at radius 3 is 1.58 bits per heavy atom. The Hall–Kier alpha value is -3.82. The molecule has 0 spiro atoms. The number of hydrogen-bond acceptors (Lipinski definition) is 6. The number of nitrogens with one attached hydrogen (secondary N) is 2. The van der Waals surface area contributed by atoms with Gasteiger partial charge in [0.05, 0.1) is 9.85 Å². The van der Waals surface area contributed by atoms with E-state index >= 15 is 0 Å². The number of carbonyl (C=O) groups excluding carboxylic acids is 2. The standard InChI is InChI=1S/C26H28N4O6/c31-23(27-19-3-1-5-21(8-19)29(33)34)14-25-10-17-7-18(11-25)13-26(12-17,16-25)15-24(32)28-20-4-2-6-22(9-20)30(35)36/h1-6,8-9,17-18H,7,10-16H2,(H,27,31)(H,28,32). The van der Waals surface area contributed by atoms with Crippen molar-refractivity contribution in [1.82, 2.24) is 0 Å². The minimum absolute atomic E-state index is 0.0729. The van der Waals surface area contributed by atoms with Crippen LogP contribution >= 0.6 is 0 Å². The maximum atomic E-state index is 13.0. The number of nitrogens with zero attached hydrogens (tertiary/aromatic N) is 2. The van der Waals surface area contributed by atoms with Gasteiger partial charge in [0.1, 0.15) is 0 Å². The predicted molar refractivity (Wildman–Crippen MR) is 132 cm³/mol. The third kappa shape index (κ3) is 4.93. The second-order valence-electron chi connectivity index (χ2n) is 11.0. The minimum Gasteiger partial charge on any atom is -0.326 e. The van der Waals surface area contributed by atoms with E-state index in [9.17, 15) is 29.8 Å². The number of nitro benzene ring substituents is 2. The third-order valence-electron chi connectivity index (χ3n) is 8.06. The van der Waals surface area contributed by atoms with Crippen LogP contribution in [0.3, 0.4) is 0 Å². The summed E-state index contributed by atoms with van der Waals surface area (Å²) in [5.74, 6) is 0.632. The van der Waals surface area contributed by atoms with Crippen molar-refractivity contribution in [2.24, 2.45) is 22.7 Å². The molecule has 4 fully saturated rings. The average molecular weight is 493 g/mol. The first-order chi connectivity index (χ1) is 17.1. The molecule has 10 heteroatoms. The van der Waals surface area contributed by atoms with Crippen molar-refractivity contribution >= 4 is 34.6 Å². The fraction of sp³-hybridized carbons (Fsp3) is 0.462. The number of rotatable bonds is 8. The lowest BCUT2D eigenvalue weighted by Crippen LogP contribution is -2.53. The molecule has 0 atom stereocenters.